The van der Waals surface area contributed by atoms with Gasteiger partial charge >= 0.3 is 0 Å². The highest BCUT2D eigenvalue weighted by Gasteiger charge is 2.38. The third kappa shape index (κ3) is 2.04. The molecule has 0 unspecified atom stereocenters. The number of rotatable bonds is 3. The van der Waals surface area contributed by atoms with Crippen molar-refractivity contribution in [3.05, 3.63) is 18.4 Å². The Morgan fingerprint density at radius 2 is 2.21 bits per heavy atom. The molecule has 3 rings (SSSR count). The summed E-state index contributed by atoms with van der Waals surface area (Å²) in [7, 11) is 1.89. The van der Waals surface area contributed by atoms with Crippen molar-refractivity contribution in [3.63, 3.8) is 0 Å². The van der Waals surface area contributed by atoms with Gasteiger partial charge in [0.25, 0.3) is 0 Å². The maximum Gasteiger partial charge on any atom is 0.234 e. The van der Waals surface area contributed by atoms with Gasteiger partial charge in [0.05, 0.1) is 17.9 Å². The number of imidazole rings is 1. The molecule has 1 fully saturated rings. The van der Waals surface area contributed by atoms with Crippen molar-refractivity contribution in [2.45, 2.75) is 18.3 Å². The van der Waals surface area contributed by atoms with Gasteiger partial charge in [-0.2, -0.15) is 4.98 Å². The van der Waals surface area contributed by atoms with Crippen LogP contribution in [-0.2, 0) is 17.2 Å². The van der Waals surface area contributed by atoms with Crippen molar-refractivity contribution in [1.82, 2.24) is 19.7 Å². The van der Waals surface area contributed by atoms with Gasteiger partial charge in [-0.15, -0.1) is 0 Å². The molecule has 0 atom stereocenters. The van der Waals surface area contributed by atoms with Crippen LogP contribution in [0.2, 0.25) is 0 Å². The first-order chi connectivity index (χ1) is 9.25. The quantitative estimate of drug-likeness (QED) is 0.865. The Morgan fingerprint density at radius 1 is 1.42 bits per heavy atom. The smallest absolute Gasteiger partial charge is 0.234 e. The fraction of sp³-hybridized carbons (Fsp3) is 0.583. The number of ether oxygens (including phenoxy) is 1. The fourth-order valence-corrected chi connectivity index (χ4v) is 2.38. The number of nitrogens with two attached hydrogens (primary N) is 1. The summed E-state index contributed by atoms with van der Waals surface area (Å²) in [6.07, 6.45) is 5.05. The minimum Gasteiger partial charge on any atom is -0.381 e. The van der Waals surface area contributed by atoms with E-state index in [4.69, 9.17) is 15.0 Å². The van der Waals surface area contributed by atoms with Gasteiger partial charge in [-0.25, -0.2) is 4.98 Å². The zero-order chi connectivity index (χ0) is 13.3. The summed E-state index contributed by atoms with van der Waals surface area (Å²) in [4.78, 5) is 8.56. The number of hydrogen-bond donors (Lipinski definition) is 1. The summed E-state index contributed by atoms with van der Waals surface area (Å²) in [5.74, 6) is 1.16. The first-order valence-corrected chi connectivity index (χ1v) is 6.34. The second kappa shape index (κ2) is 4.75. The van der Waals surface area contributed by atoms with Crippen molar-refractivity contribution in [1.29, 1.82) is 0 Å². The average molecular weight is 263 g/mol. The lowest BCUT2D eigenvalue weighted by Crippen LogP contribution is -2.40. The largest absolute Gasteiger partial charge is 0.381 e. The fourth-order valence-electron chi connectivity index (χ4n) is 2.38. The average Bonchev–Trinajstić information content (AvgIpc) is 3.08. The lowest BCUT2D eigenvalue weighted by molar-refractivity contribution is 0.0409. The molecule has 2 N–H and O–H groups in total. The van der Waals surface area contributed by atoms with Crippen LogP contribution in [0.1, 0.15) is 18.7 Å². The Bertz CT molecular complexity index is 556. The van der Waals surface area contributed by atoms with Gasteiger partial charge in [0.2, 0.25) is 11.7 Å². The maximum atomic E-state index is 5.93. The minimum atomic E-state index is -0.248. The lowest BCUT2D eigenvalue weighted by Gasteiger charge is -2.32. The molecule has 102 valence electrons. The van der Waals surface area contributed by atoms with Gasteiger partial charge < -0.3 is 19.6 Å². The van der Waals surface area contributed by atoms with Gasteiger partial charge in [-0.3, -0.25) is 0 Å². The first-order valence-electron chi connectivity index (χ1n) is 6.34. The molecule has 1 saturated heterocycles. The highest BCUT2D eigenvalue weighted by molar-refractivity contribution is 5.47. The van der Waals surface area contributed by atoms with Crippen molar-refractivity contribution in [3.8, 4) is 11.5 Å². The normalized spacial score (nSPS) is 18.6. The van der Waals surface area contributed by atoms with Crippen LogP contribution >= 0.6 is 0 Å². The zero-order valence-corrected chi connectivity index (χ0v) is 10.9. The van der Waals surface area contributed by atoms with E-state index in [1.54, 1.807) is 12.5 Å². The van der Waals surface area contributed by atoms with Crippen LogP contribution in [-0.4, -0.2) is 39.5 Å². The van der Waals surface area contributed by atoms with E-state index in [0.717, 1.165) is 18.5 Å². The lowest BCUT2D eigenvalue weighted by atomic mass is 9.80. The van der Waals surface area contributed by atoms with E-state index in [2.05, 4.69) is 15.1 Å². The van der Waals surface area contributed by atoms with Gasteiger partial charge in [0.1, 0.15) is 5.69 Å². The van der Waals surface area contributed by atoms with E-state index >= 15 is 0 Å². The highest BCUT2D eigenvalue weighted by atomic mass is 16.5. The summed E-state index contributed by atoms with van der Waals surface area (Å²) in [6, 6.07) is 0. The molecule has 0 bridgehead atoms. The van der Waals surface area contributed by atoms with E-state index in [0.29, 0.717) is 31.5 Å². The van der Waals surface area contributed by atoms with Crippen LogP contribution in [0.25, 0.3) is 11.5 Å². The molecule has 0 aliphatic carbocycles. The Kier molecular flexibility index (Phi) is 3.08. The van der Waals surface area contributed by atoms with E-state index in [-0.39, 0.29) is 5.41 Å². The van der Waals surface area contributed by atoms with Crippen LogP contribution in [0.3, 0.4) is 0 Å². The molecular weight excluding hydrogens is 246 g/mol. The topological polar surface area (TPSA) is 92.0 Å². The predicted octanol–water partition coefficient (Wildman–Crippen LogP) is 0.477. The highest BCUT2D eigenvalue weighted by Crippen LogP contribution is 2.33. The summed E-state index contributed by atoms with van der Waals surface area (Å²) in [6.45, 7) is 1.85. The second-order valence-corrected chi connectivity index (χ2v) is 4.91. The molecule has 7 nitrogen and oxygen atoms in total. The van der Waals surface area contributed by atoms with Crippen LogP contribution < -0.4 is 5.73 Å². The molecule has 2 aromatic rings. The zero-order valence-electron chi connectivity index (χ0n) is 10.9. The van der Waals surface area contributed by atoms with Crippen molar-refractivity contribution in [2.24, 2.45) is 12.8 Å². The summed E-state index contributed by atoms with van der Waals surface area (Å²) >= 11 is 0. The summed E-state index contributed by atoms with van der Waals surface area (Å²) < 4.78 is 12.7. The molecule has 0 radical (unpaired) electrons. The maximum absolute atomic E-state index is 5.93. The molecule has 0 saturated carbocycles. The van der Waals surface area contributed by atoms with Crippen LogP contribution in [0.15, 0.2) is 17.0 Å². The van der Waals surface area contributed by atoms with E-state index in [1.807, 2.05) is 11.6 Å². The van der Waals surface area contributed by atoms with Gasteiger partial charge in [0.15, 0.2) is 0 Å². The van der Waals surface area contributed by atoms with E-state index in [1.165, 1.54) is 0 Å². The Morgan fingerprint density at radius 3 is 2.84 bits per heavy atom. The number of nitrogens with zero attached hydrogens (tertiary/aromatic N) is 4. The monoisotopic (exact) mass is 263 g/mol. The van der Waals surface area contributed by atoms with Crippen molar-refractivity contribution in [2.75, 3.05) is 19.8 Å². The molecule has 1 aliphatic heterocycles. The second-order valence-electron chi connectivity index (χ2n) is 4.91. The molecule has 0 aromatic carbocycles. The van der Waals surface area contributed by atoms with E-state index in [9.17, 15) is 0 Å². The molecule has 1 aliphatic rings. The van der Waals surface area contributed by atoms with Gasteiger partial charge in [0, 0.05) is 26.8 Å². The van der Waals surface area contributed by atoms with Crippen LogP contribution in [0.5, 0.6) is 0 Å². The number of hydrogen-bond acceptors (Lipinski definition) is 6. The van der Waals surface area contributed by atoms with Crippen molar-refractivity contribution >= 4 is 0 Å². The third-order valence-corrected chi connectivity index (χ3v) is 3.77. The SMILES string of the molecule is Cn1cncc1-c1noc(C2(CN)CCOCC2)n1. The first kappa shape index (κ1) is 12.3. The van der Waals surface area contributed by atoms with Crippen LogP contribution in [0.4, 0.5) is 0 Å². The molecule has 2 aromatic heterocycles. The molecule has 0 spiro atoms. The predicted molar refractivity (Wildman–Crippen MR) is 67.3 cm³/mol. The Labute approximate surface area is 110 Å². The molecule has 0 amide bonds. The summed E-state index contributed by atoms with van der Waals surface area (Å²) in [5, 5.41) is 4.04. The van der Waals surface area contributed by atoms with Gasteiger partial charge in [-0.1, -0.05) is 5.16 Å². The van der Waals surface area contributed by atoms with Crippen molar-refractivity contribution < 1.29 is 9.26 Å². The Balaban J connectivity index is 1.94. The van der Waals surface area contributed by atoms with E-state index < -0.39 is 0 Å². The number of aromatic nitrogens is 4. The van der Waals surface area contributed by atoms with Crippen LogP contribution in [0, 0.1) is 0 Å². The summed E-state index contributed by atoms with van der Waals surface area (Å²) in [5.41, 5.74) is 6.51. The number of aryl methyl sites for hydroxylation is 1. The molecular formula is C12H17N5O2. The van der Waals surface area contributed by atoms with Gasteiger partial charge in [-0.05, 0) is 12.8 Å². The molecule has 3 heterocycles. The molecule has 7 heteroatoms. The molecule has 19 heavy (non-hydrogen) atoms. The Hall–Kier alpha value is -1.73. The third-order valence-electron chi connectivity index (χ3n) is 3.77. The minimum absolute atomic E-state index is 0.248. The standard InChI is InChI=1S/C12H17N5O2/c1-17-8-14-6-9(17)10-15-11(19-16-10)12(7-13)2-4-18-5-3-12/h6,8H,2-5,7,13H2,1H3.